The van der Waals surface area contributed by atoms with E-state index in [-0.39, 0.29) is 11.9 Å². The molecule has 3 rings (SSSR count). The smallest absolute Gasteiger partial charge is 0.228 e. The number of halogens is 1. The van der Waals surface area contributed by atoms with Crippen LogP contribution in [0.25, 0.3) is 0 Å². The second kappa shape index (κ2) is 5.82. The van der Waals surface area contributed by atoms with Gasteiger partial charge in [-0.1, -0.05) is 11.6 Å². The van der Waals surface area contributed by atoms with E-state index in [4.69, 9.17) is 16.0 Å². The van der Waals surface area contributed by atoms with Crippen molar-refractivity contribution in [3.63, 3.8) is 0 Å². The highest BCUT2D eigenvalue weighted by Gasteiger charge is 2.20. The molecule has 0 radical (unpaired) electrons. The van der Waals surface area contributed by atoms with Crippen molar-refractivity contribution in [3.05, 3.63) is 46.9 Å². The van der Waals surface area contributed by atoms with Crippen molar-refractivity contribution in [2.24, 2.45) is 0 Å². The molecule has 0 spiro atoms. The maximum atomic E-state index is 11.4. The van der Waals surface area contributed by atoms with Crippen LogP contribution in [0.2, 0.25) is 5.02 Å². The fourth-order valence-electron chi connectivity index (χ4n) is 2.51. The molecule has 110 valence electrons. The van der Waals surface area contributed by atoms with E-state index < -0.39 is 0 Å². The van der Waals surface area contributed by atoms with Gasteiger partial charge in [0.25, 0.3) is 0 Å². The molecule has 0 aliphatic carbocycles. The molecular formula is C16H17ClN2O2. The number of hydrogen-bond acceptors (Lipinski definition) is 3. The van der Waals surface area contributed by atoms with Gasteiger partial charge in [0.15, 0.2) is 0 Å². The van der Waals surface area contributed by atoms with Crippen LogP contribution >= 0.6 is 11.6 Å². The molecule has 4 nitrogen and oxygen atoms in total. The third-order valence-electron chi connectivity index (χ3n) is 3.62. The van der Waals surface area contributed by atoms with Crippen molar-refractivity contribution in [2.45, 2.75) is 32.2 Å². The molecule has 0 saturated carbocycles. The Balaban J connectivity index is 1.64. The average Bonchev–Trinajstić information content (AvgIpc) is 3.05. The van der Waals surface area contributed by atoms with E-state index in [0.29, 0.717) is 11.4 Å². The number of fused-ring (bicyclic) bond motifs is 1. The highest BCUT2D eigenvalue weighted by molar-refractivity contribution is 6.33. The fourth-order valence-corrected chi connectivity index (χ4v) is 2.73. The molecule has 1 atom stereocenters. The number of furan rings is 1. The first-order valence-electron chi connectivity index (χ1n) is 7.03. The molecule has 1 aliphatic heterocycles. The van der Waals surface area contributed by atoms with Crippen molar-refractivity contribution in [1.82, 2.24) is 0 Å². The minimum Gasteiger partial charge on any atom is -0.469 e. The lowest BCUT2D eigenvalue weighted by Crippen LogP contribution is -2.16. The largest absolute Gasteiger partial charge is 0.469 e. The molecule has 1 unspecified atom stereocenters. The van der Waals surface area contributed by atoms with Crippen molar-refractivity contribution in [2.75, 3.05) is 10.6 Å². The Labute approximate surface area is 128 Å². The highest BCUT2D eigenvalue weighted by atomic mass is 35.5. The standard InChI is InChI=1S/C16H17ClN2O2/c1-10(4-5-12-3-2-6-21-12)18-15-7-11-8-16(20)19-14(11)9-13(15)17/h2-3,6-7,9-10,18H,4-5,8H2,1H3,(H,19,20). The lowest BCUT2D eigenvalue weighted by atomic mass is 10.1. The number of carbonyl (C=O) groups excluding carboxylic acids is 1. The molecule has 1 aliphatic rings. The number of amides is 1. The van der Waals surface area contributed by atoms with Gasteiger partial charge in [-0.3, -0.25) is 4.79 Å². The molecule has 0 saturated heterocycles. The van der Waals surface area contributed by atoms with Crippen LogP contribution in [0.3, 0.4) is 0 Å². The van der Waals surface area contributed by atoms with Crippen LogP contribution in [0.1, 0.15) is 24.7 Å². The van der Waals surface area contributed by atoms with Gasteiger partial charge < -0.3 is 15.1 Å². The van der Waals surface area contributed by atoms with Crippen LogP contribution < -0.4 is 10.6 Å². The van der Waals surface area contributed by atoms with Gasteiger partial charge in [0.2, 0.25) is 5.91 Å². The number of carbonyl (C=O) groups is 1. The summed E-state index contributed by atoms with van der Waals surface area (Å²) in [6.45, 7) is 2.11. The Morgan fingerprint density at radius 3 is 3.10 bits per heavy atom. The summed E-state index contributed by atoms with van der Waals surface area (Å²) in [5, 5.41) is 6.83. The molecule has 5 heteroatoms. The van der Waals surface area contributed by atoms with Gasteiger partial charge in [-0.25, -0.2) is 0 Å². The molecule has 2 heterocycles. The number of aryl methyl sites for hydroxylation is 1. The van der Waals surface area contributed by atoms with E-state index in [1.54, 1.807) is 6.26 Å². The van der Waals surface area contributed by atoms with Gasteiger partial charge >= 0.3 is 0 Å². The second-order valence-electron chi connectivity index (χ2n) is 5.38. The molecule has 21 heavy (non-hydrogen) atoms. The Kier molecular flexibility index (Phi) is 3.88. The van der Waals surface area contributed by atoms with E-state index in [9.17, 15) is 4.79 Å². The first-order valence-corrected chi connectivity index (χ1v) is 7.41. The van der Waals surface area contributed by atoms with Crippen molar-refractivity contribution in [3.8, 4) is 0 Å². The zero-order valence-corrected chi connectivity index (χ0v) is 12.5. The SMILES string of the molecule is CC(CCc1ccco1)Nc1cc2c(cc1Cl)NC(=O)C2. The molecule has 2 N–H and O–H groups in total. The Bertz CT molecular complexity index is 653. The minimum absolute atomic E-state index is 0.0177. The van der Waals surface area contributed by atoms with Gasteiger partial charge in [-0.15, -0.1) is 0 Å². The summed E-state index contributed by atoms with van der Waals surface area (Å²) in [5.41, 5.74) is 2.68. The average molecular weight is 305 g/mol. The monoisotopic (exact) mass is 304 g/mol. The van der Waals surface area contributed by atoms with E-state index in [1.165, 1.54) is 0 Å². The Hall–Kier alpha value is -1.94. The summed E-state index contributed by atoms with van der Waals surface area (Å²) in [7, 11) is 0. The predicted molar refractivity (Wildman–Crippen MR) is 83.9 cm³/mol. The Morgan fingerprint density at radius 1 is 1.48 bits per heavy atom. The molecule has 1 aromatic carbocycles. The zero-order chi connectivity index (χ0) is 14.8. The minimum atomic E-state index is 0.0177. The summed E-state index contributed by atoms with van der Waals surface area (Å²) in [6, 6.07) is 7.90. The van der Waals surface area contributed by atoms with Crippen molar-refractivity contribution in [1.29, 1.82) is 0 Å². The lowest BCUT2D eigenvalue weighted by molar-refractivity contribution is -0.115. The molecule has 1 aromatic heterocycles. The van der Waals surface area contributed by atoms with Gasteiger partial charge in [0, 0.05) is 18.2 Å². The van der Waals surface area contributed by atoms with E-state index in [2.05, 4.69) is 17.6 Å². The number of benzene rings is 1. The molecule has 0 fully saturated rings. The number of rotatable bonds is 5. The first kappa shape index (κ1) is 14.0. The van der Waals surface area contributed by atoms with Gasteiger partial charge in [-0.05, 0) is 43.2 Å². The van der Waals surface area contributed by atoms with Crippen LogP contribution in [-0.2, 0) is 17.6 Å². The quantitative estimate of drug-likeness (QED) is 0.882. The first-order chi connectivity index (χ1) is 10.1. The summed E-state index contributed by atoms with van der Waals surface area (Å²) >= 11 is 6.27. The third kappa shape index (κ3) is 3.22. The number of hydrogen-bond donors (Lipinski definition) is 2. The van der Waals surface area contributed by atoms with Crippen LogP contribution in [0, 0.1) is 0 Å². The molecule has 1 amide bonds. The second-order valence-corrected chi connectivity index (χ2v) is 5.78. The van der Waals surface area contributed by atoms with Crippen LogP contribution in [-0.4, -0.2) is 11.9 Å². The summed E-state index contributed by atoms with van der Waals surface area (Å²) < 4.78 is 5.33. The third-order valence-corrected chi connectivity index (χ3v) is 3.94. The van der Waals surface area contributed by atoms with Crippen molar-refractivity contribution < 1.29 is 9.21 Å². The van der Waals surface area contributed by atoms with E-state index in [1.807, 2.05) is 24.3 Å². The van der Waals surface area contributed by atoms with E-state index in [0.717, 1.165) is 35.5 Å². The number of nitrogens with one attached hydrogen (secondary N) is 2. The van der Waals surface area contributed by atoms with Gasteiger partial charge in [0.1, 0.15) is 5.76 Å². The normalized spacial score (nSPS) is 14.7. The van der Waals surface area contributed by atoms with Crippen molar-refractivity contribution >= 4 is 28.9 Å². The molecular weight excluding hydrogens is 288 g/mol. The Morgan fingerprint density at radius 2 is 2.33 bits per heavy atom. The van der Waals surface area contributed by atoms with Gasteiger partial charge in [0.05, 0.1) is 23.4 Å². The fraction of sp³-hybridized carbons (Fsp3) is 0.312. The maximum Gasteiger partial charge on any atom is 0.228 e. The van der Waals surface area contributed by atoms with Crippen LogP contribution in [0.4, 0.5) is 11.4 Å². The van der Waals surface area contributed by atoms with Crippen LogP contribution in [0.5, 0.6) is 0 Å². The molecule has 2 aromatic rings. The number of anilines is 2. The van der Waals surface area contributed by atoms with Crippen LogP contribution in [0.15, 0.2) is 34.9 Å². The maximum absolute atomic E-state index is 11.4. The zero-order valence-electron chi connectivity index (χ0n) is 11.8. The summed E-state index contributed by atoms with van der Waals surface area (Å²) in [5.74, 6) is 1.00. The van der Waals surface area contributed by atoms with E-state index >= 15 is 0 Å². The lowest BCUT2D eigenvalue weighted by Gasteiger charge is -2.17. The van der Waals surface area contributed by atoms with Gasteiger partial charge in [-0.2, -0.15) is 0 Å². The predicted octanol–water partition coefficient (Wildman–Crippen LogP) is 3.86. The highest BCUT2D eigenvalue weighted by Crippen LogP contribution is 2.33. The topological polar surface area (TPSA) is 54.3 Å². The summed E-state index contributed by atoms with van der Waals surface area (Å²) in [6.07, 6.45) is 3.93. The molecule has 0 bridgehead atoms. The summed E-state index contributed by atoms with van der Waals surface area (Å²) in [4.78, 5) is 11.4.